The Hall–Kier alpha value is -3.94. The number of para-hydroxylation sites is 1. The maximum absolute atomic E-state index is 15.0. The van der Waals surface area contributed by atoms with Crippen LogP contribution < -0.4 is 14.8 Å². The zero-order chi connectivity index (χ0) is 27.4. The molecule has 0 aliphatic carbocycles. The summed E-state index contributed by atoms with van der Waals surface area (Å²) in [5, 5.41) is 3.13. The number of methoxy groups -OCH3 is 2. The second kappa shape index (κ2) is 9.36. The van der Waals surface area contributed by atoms with Gasteiger partial charge in [-0.15, -0.1) is 0 Å². The molecule has 200 valence electrons. The Morgan fingerprint density at radius 2 is 1.54 bits per heavy atom. The van der Waals surface area contributed by atoms with Crippen LogP contribution in [0.25, 0.3) is 6.08 Å². The first kappa shape index (κ1) is 25.3. The summed E-state index contributed by atoms with van der Waals surface area (Å²) in [4.78, 5) is 33.6. The van der Waals surface area contributed by atoms with Crippen LogP contribution >= 0.6 is 0 Å². The Morgan fingerprint density at radius 1 is 0.897 bits per heavy atom. The van der Waals surface area contributed by atoms with Crippen LogP contribution in [0.15, 0.2) is 78.4 Å². The monoisotopic (exact) mass is 523 g/mol. The van der Waals surface area contributed by atoms with Crippen molar-refractivity contribution in [1.82, 2.24) is 9.80 Å². The quantitative estimate of drug-likeness (QED) is 0.518. The molecule has 2 fully saturated rings. The fourth-order valence-corrected chi connectivity index (χ4v) is 7.21. The molecule has 1 amide bonds. The van der Waals surface area contributed by atoms with Crippen LogP contribution in [0.5, 0.6) is 11.5 Å². The molecular formula is C32H33N3O4. The van der Waals surface area contributed by atoms with Crippen LogP contribution in [0.4, 0.5) is 5.69 Å². The van der Waals surface area contributed by atoms with E-state index in [1.165, 1.54) is 0 Å². The molecule has 6 rings (SSSR count). The lowest BCUT2D eigenvalue weighted by atomic mass is 9.56. The molecule has 0 unspecified atom stereocenters. The number of likely N-dealkylation sites (N-methyl/N-ethyl adjacent to an activating group) is 2. The highest BCUT2D eigenvalue weighted by Gasteiger charge is 2.74. The topological polar surface area (TPSA) is 71.1 Å². The van der Waals surface area contributed by atoms with Crippen LogP contribution in [0, 0.1) is 5.41 Å². The van der Waals surface area contributed by atoms with Crippen molar-refractivity contribution in [1.29, 1.82) is 0 Å². The number of carbonyl (C=O) groups excluding carboxylic acids is 2. The Bertz CT molecular complexity index is 1470. The molecular weight excluding hydrogens is 490 g/mol. The van der Waals surface area contributed by atoms with Gasteiger partial charge in [0.05, 0.1) is 19.6 Å². The van der Waals surface area contributed by atoms with E-state index < -0.39 is 11.0 Å². The number of nitrogens with zero attached hydrogens (tertiary/aromatic N) is 2. The van der Waals surface area contributed by atoms with Gasteiger partial charge in [0.1, 0.15) is 17.0 Å². The van der Waals surface area contributed by atoms with Crippen molar-refractivity contribution in [3.8, 4) is 11.5 Å². The van der Waals surface area contributed by atoms with Gasteiger partial charge >= 0.3 is 0 Å². The number of benzene rings is 3. The predicted octanol–water partition coefficient (Wildman–Crippen LogP) is 4.16. The highest BCUT2D eigenvalue weighted by Crippen LogP contribution is 2.64. The van der Waals surface area contributed by atoms with Crippen molar-refractivity contribution in [2.45, 2.75) is 11.5 Å². The molecule has 3 aliphatic rings. The summed E-state index contributed by atoms with van der Waals surface area (Å²) >= 11 is 0. The number of piperidine rings is 1. The van der Waals surface area contributed by atoms with E-state index in [1.807, 2.05) is 93.0 Å². The molecule has 0 saturated carbocycles. The molecule has 0 bridgehead atoms. The summed E-state index contributed by atoms with van der Waals surface area (Å²) in [6, 6.07) is 23.4. The summed E-state index contributed by atoms with van der Waals surface area (Å²) in [7, 11) is 7.29. The standard InChI is InChI=1S/C32H33N3O4/c1-34-18-23(17-21-9-13-24(38-3)14-10-21)29(36)31(20-34)27(22-11-15-25(39-4)16-12-22)19-35(2)32(31)26-7-5-6-8-28(26)33-30(32)37/h5-17,27H,18-20H2,1-4H3,(H,33,37)/b23-17+/t27-,31+,32+/m0/s1. The maximum atomic E-state index is 15.0. The first-order valence-electron chi connectivity index (χ1n) is 13.2. The van der Waals surface area contributed by atoms with E-state index in [4.69, 9.17) is 9.47 Å². The predicted molar refractivity (Wildman–Crippen MR) is 151 cm³/mol. The van der Waals surface area contributed by atoms with E-state index in [-0.39, 0.29) is 17.6 Å². The Kier molecular flexibility index (Phi) is 6.08. The lowest BCUT2D eigenvalue weighted by molar-refractivity contribution is -0.146. The summed E-state index contributed by atoms with van der Waals surface area (Å²) in [5.74, 6) is 1.17. The number of Topliss-reactive ketones (excluding diaryl/α,β-unsaturated/α-hetero) is 1. The van der Waals surface area contributed by atoms with Crippen LogP contribution in [0.2, 0.25) is 0 Å². The molecule has 3 aromatic rings. The number of likely N-dealkylation sites (tertiary alicyclic amines) is 2. The Labute approximate surface area is 229 Å². The van der Waals surface area contributed by atoms with Gasteiger partial charge < -0.3 is 19.7 Å². The molecule has 3 atom stereocenters. The maximum Gasteiger partial charge on any atom is 0.250 e. The molecule has 3 heterocycles. The minimum atomic E-state index is -1.15. The zero-order valence-corrected chi connectivity index (χ0v) is 22.7. The van der Waals surface area contributed by atoms with Crippen LogP contribution in [0.3, 0.4) is 0 Å². The Balaban J connectivity index is 1.58. The first-order chi connectivity index (χ1) is 18.8. The van der Waals surface area contributed by atoms with Gasteiger partial charge in [-0.1, -0.05) is 42.5 Å². The van der Waals surface area contributed by atoms with Crippen LogP contribution in [0.1, 0.15) is 22.6 Å². The Morgan fingerprint density at radius 3 is 2.21 bits per heavy atom. The number of nitrogens with one attached hydrogen (secondary N) is 1. The normalized spacial score (nSPS) is 27.8. The summed E-state index contributed by atoms with van der Waals surface area (Å²) in [5.41, 5.74) is 2.05. The third kappa shape index (κ3) is 3.57. The zero-order valence-electron chi connectivity index (χ0n) is 22.7. The van der Waals surface area contributed by atoms with E-state index in [2.05, 4.69) is 15.1 Å². The van der Waals surface area contributed by atoms with Gasteiger partial charge in [-0.05, 0) is 61.6 Å². The van der Waals surface area contributed by atoms with Gasteiger partial charge in [0.15, 0.2) is 5.78 Å². The van der Waals surface area contributed by atoms with Crippen molar-refractivity contribution >= 4 is 23.5 Å². The highest BCUT2D eigenvalue weighted by molar-refractivity contribution is 6.15. The number of anilines is 1. The average Bonchev–Trinajstić information content (AvgIpc) is 3.40. The number of amides is 1. The number of hydrogen-bond acceptors (Lipinski definition) is 6. The number of hydrogen-bond donors (Lipinski definition) is 1. The van der Waals surface area contributed by atoms with Crippen molar-refractivity contribution in [2.24, 2.45) is 5.41 Å². The van der Waals surface area contributed by atoms with E-state index in [9.17, 15) is 4.79 Å². The smallest absolute Gasteiger partial charge is 0.250 e. The molecule has 0 radical (unpaired) electrons. The van der Waals surface area contributed by atoms with Gasteiger partial charge in [0, 0.05) is 42.4 Å². The number of ether oxygens (including phenoxy) is 2. The van der Waals surface area contributed by atoms with Crippen molar-refractivity contribution in [3.05, 3.63) is 95.1 Å². The lowest BCUT2D eigenvalue weighted by Crippen LogP contribution is -2.65. The SMILES string of the molecule is COc1ccc(/C=C2\CN(C)C[C@]3(C2=O)[C@H](c2ccc(OC)cc2)CN(C)[C@]32C(=O)Nc3ccccc32)cc1. The van der Waals surface area contributed by atoms with Gasteiger partial charge in [-0.25, -0.2) is 0 Å². The van der Waals surface area contributed by atoms with E-state index in [0.29, 0.717) is 25.2 Å². The van der Waals surface area contributed by atoms with Crippen molar-refractivity contribution < 1.29 is 19.1 Å². The minimum Gasteiger partial charge on any atom is -0.497 e. The second-order valence-electron chi connectivity index (χ2n) is 10.8. The largest absolute Gasteiger partial charge is 0.497 e. The molecule has 3 aliphatic heterocycles. The highest BCUT2D eigenvalue weighted by atomic mass is 16.5. The summed E-state index contributed by atoms with van der Waals surface area (Å²) < 4.78 is 10.7. The molecule has 7 heteroatoms. The van der Waals surface area contributed by atoms with Gasteiger partial charge in [-0.3, -0.25) is 14.5 Å². The van der Waals surface area contributed by atoms with Crippen molar-refractivity contribution in [3.63, 3.8) is 0 Å². The molecule has 0 aromatic heterocycles. The van der Waals surface area contributed by atoms with Gasteiger partial charge in [0.2, 0.25) is 0 Å². The number of fused-ring (bicyclic) bond motifs is 3. The number of ketones is 1. The molecule has 1 N–H and O–H groups in total. The van der Waals surface area contributed by atoms with E-state index in [1.54, 1.807) is 14.2 Å². The molecule has 39 heavy (non-hydrogen) atoms. The number of carbonyl (C=O) groups is 2. The fourth-order valence-electron chi connectivity index (χ4n) is 7.21. The van der Waals surface area contributed by atoms with Crippen LogP contribution in [-0.2, 0) is 15.1 Å². The lowest BCUT2D eigenvalue weighted by Gasteiger charge is -2.50. The van der Waals surface area contributed by atoms with Gasteiger partial charge in [-0.2, -0.15) is 0 Å². The first-order valence-corrected chi connectivity index (χ1v) is 13.2. The van der Waals surface area contributed by atoms with Gasteiger partial charge in [0.25, 0.3) is 5.91 Å². The second-order valence-corrected chi connectivity index (χ2v) is 10.8. The summed E-state index contributed by atoms with van der Waals surface area (Å²) in [6.45, 7) is 1.52. The fraction of sp³-hybridized carbons (Fsp3) is 0.312. The molecule has 2 spiro atoms. The minimum absolute atomic E-state index is 0.0217. The molecule has 2 saturated heterocycles. The third-order valence-electron chi connectivity index (χ3n) is 8.79. The van der Waals surface area contributed by atoms with Crippen molar-refractivity contribution in [2.75, 3.05) is 53.3 Å². The third-order valence-corrected chi connectivity index (χ3v) is 8.79. The summed E-state index contributed by atoms with van der Waals surface area (Å²) in [6.07, 6.45) is 1.97. The van der Waals surface area contributed by atoms with E-state index in [0.717, 1.165) is 33.9 Å². The van der Waals surface area contributed by atoms with E-state index >= 15 is 4.79 Å². The average molecular weight is 524 g/mol. The van der Waals surface area contributed by atoms with Crippen LogP contribution in [-0.4, -0.2) is 69.4 Å². The molecule has 3 aromatic carbocycles. The number of rotatable bonds is 4. The molecule has 7 nitrogen and oxygen atoms in total.